The van der Waals surface area contributed by atoms with Crippen molar-refractivity contribution in [3.05, 3.63) is 0 Å². The van der Waals surface area contributed by atoms with Crippen LogP contribution in [0.4, 0.5) is 17.6 Å². The molecule has 2 unspecified atom stereocenters. The van der Waals surface area contributed by atoms with Gasteiger partial charge in [-0.15, -0.1) is 0 Å². The molecule has 1 aliphatic heterocycles. The maximum Gasteiger partial charge on any atom is 0.330 e. The molecule has 122 valence electrons. The molecule has 0 aromatic rings. The number of hydrogen-bond donors (Lipinski definition) is 0. The van der Waals surface area contributed by atoms with Crippen molar-refractivity contribution in [2.45, 2.75) is 44.5 Å². The first kappa shape index (κ1) is 16.5. The lowest BCUT2D eigenvalue weighted by Crippen LogP contribution is -2.34. The van der Waals surface area contributed by atoms with Crippen LogP contribution in [0.15, 0.2) is 0 Å². The van der Waals surface area contributed by atoms with Crippen LogP contribution in [0, 0.1) is 11.8 Å². The molecule has 0 spiro atoms. The van der Waals surface area contributed by atoms with Crippen LogP contribution < -0.4 is 0 Å². The maximum absolute atomic E-state index is 12.6. The summed E-state index contributed by atoms with van der Waals surface area (Å²) in [6, 6.07) is 0. The standard InChI is InChI=1S/C14H21F4NO2/c15-13(16)14(17,18)9-21-6-5-12(20)19-7-10-3-1-2-4-11(10)8-19/h10-11,13H,1-9H2. The highest BCUT2D eigenvalue weighted by Gasteiger charge is 2.41. The highest BCUT2D eigenvalue weighted by atomic mass is 19.3. The molecular weight excluding hydrogens is 290 g/mol. The Morgan fingerprint density at radius 1 is 1.19 bits per heavy atom. The third-order valence-electron chi connectivity index (χ3n) is 4.40. The molecule has 1 heterocycles. The third kappa shape index (κ3) is 4.31. The lowest BCUT2D eigenvalue weighted by molar-refractivity contribution is -0.167. The molecule has 3 nitrogen and oxygen atoms in total. The molecule has 2 rings (SSSR count). The normalized spacial score (nSPS) is 26.2. The molecule has 0 aromatic heterocycles. The molecule has 7 heteroatoms. The number of rotatable bonds is 6. The summed E-state index contributed by atoms with van der Waals surface area (Å²) in [7, 11) is 0. The molecule has 0 radical (unpaired) electrons. The quantitative estimate of drug-likeness (QED) is 0.557. The molecule has 1 amide bonds. The Hall–Kier alpha value is -0.850. The van der Waals surface area contributed by atoms with Crippen LogP contribution in [0.1, 0.15) is 32.1 Å². The molecule has 0 bridgehead atoms. The molecule has 1 aliphatic carbocycles. The number of carbonyl (C=O) groups excluding carboxylic acids is 1. The summed E-state index contributed by atoms with van der Waals surface area (Å²) >= 11 is 0. The van der Waals surface area contributed by atoms with Gasteiger partial charge in [-0.2, -0.15) is 8.78 Å². The average molecular weight is 311 g/mol. The number of amides is 1. The predicted molar refractivity (Wildman–Crippen MR) is 68.4 cm³/mol. The Labute approximate surface area is 121 Å². The van der Waals surface area contributed by atoms with E-state index < -0.39 is 19.0 Å². The lowest BCUT2D eigenvalue weighted by atomic mass is 9.82. The van der Waals surface area contributed by atoms with E-state index in [-0.39, 0.29) is 18.9 Å². The number of carbonyl (C=O) groups is 1. The first-order chi connectivity index (χ1) is 9.90. The van der Waals surface area contributed by atoms with E-state index in [2.05, 4.69) is 4.74 Å². The smallest absolute Gasteiger partial charge is 0.330 e. The van der Waals surface area contributed by atoms with Gasteiger partial charge >= 0.3 is 12.3 Å². The molecular formula is C14H21F4NO2. The van der Waals surface area contributed by atoms with Gasteiger partial charge in [0.2, 0.25) is 5.91 Å². The number of fused-ring (bicyclic) bond motifs is 1. The number of likely N-dealkylation sites (tertiary alicyclic amines) is 1. The Balaban J connectivity index is 1.66. The van der Waals surface area contributed by atoms with E-state index >= 15 is 0 Å². The lowest BCUT2D eigenvalue weighted by Gasteiger charge is -2.22. The maximum atomic E-state index is 12.6. The first-order valence-electron chi connectivity index (χ1n) is 7.41. The number of nitrogens with zero attached hydrogens (tertiary/aromatic N) is 1. The SMILES string of the molecule is O=C(CCOCC(F)(F)C(F)F)N1CC2CCCCC2C1. The molecule has 1 saturated heterocycles. The number of hydrogen-bond acceptors (Lipinski definition) is 2. The van der Waals surface area contributed by atoms with Crippen molar-refractivity contribution >= 4 is 5.91 Å². The van der Waals surface area contributed by atoms with Crippen LogP contribution >= 0.6 is 0 Å². The van der Waals surface area contributed by atoms with Crippen LogP contribution in [0.5, 0.6) is 0 Å². The Kier molecular flexibility index (Phi) is 5.46. The predicted octanol–water partition coefficient (Wildman–Crippen LogP) is 2.94. The van der Waals surface area contributed by atoms with E-state index in [0.717, 1.165) is 25.9 Å². The first-order valence-corrected chi connectivity index (χ1v) is 7.41. The van der Waals surface area contributed by atoms with Gasteiger partial charge in [0.25, 0.3) is 0 Å². The zero-order valence-electron chi connectivity index (χ0n) is 11.9. The fourth-order valence-corrected chi connectivity index (χ4v) is 3.20. The molecule has 1 saturated carbocycles. The number of alkyl halides is 4. The van der Waals surface area contributed by atoms with Crippen molar-refractivity contribution in [1.29, 1.82) is 0 Å². The van der Waals surface area contributed by atoms with E-state index in [9.17, 15) is 22.4 Å². The summed E-state index contributed by atoms with van der Waals surface area (Å²) in [5.74, 6) is -3.16. The monoisotopic (exact) mass is 311 g/mol. The molecule has 0 aromatic carbocycles. The summed E-state index contributed by atoms with van der Waals surface area (Å²) in [5, 5.41) is 0. The van der Waals surface area contributed by atoms with E-state index in [1.54, 1.807) is 4.90 Å². The highest BCUT2D eigenvalue weighted by molar-refractivity contribution is 5.76. The van der Waals surface area contributed by atoms with E-state index in [4.69, 9.17) is 0 Å². The topological polar surface area (TPSA) is 29.5 Å². The van der Waals surface area contributed by atoms with Gasteiger partial charge in [0.1, 0.15) is 6.61 Å². The van der Waals surface area contributed by atoms with Crippen molar-refractivity contribution in [3.8, 4) is 0 Å². The van der Waals surface area contributed by atoms with Crippen molar-refractivity contribution in [2.24, 2.45) is 11.8 Å². The van der Waals surface area contributed by atoms with Crippen molar-refractivity contribution in [1.82, 2.24) is 4.90 Å². The second kappa shape index (κ2) is 6.94. The molecule has 0 N–H and O–H groups in total. The number of ether oxygens (including phenoxy) is 1. The second-order valence-corrected chi connectivity index (χ2v) is 5.97. The van der Waals surface area contributed by atoms with Gasteiger partial charge in [-0.05, 0) is 24.7 Å². The third-order valence-corrected chi connectivity index (χ3v) is 4.40. The summed E-state index contributed by atoms with van der Waals surface area (Å²) in [6.45, 7) is -0.121. The fraction of sp³-hybridized carbons (Fsp3) is 0.929. The van der Waals surface area contributed by atoms with Crippen LogP contribution in [-0.2, 0) is 9.53 Å². The second-order valence-electron chi connectivity index (χ2n) is 5.97. The van der Waals surface area contributed by atoms with Crippen molar-refractivity contribution in [2.75, 3.05) is 26.3 Å². The van der Waals surface area contributed by atoms with Crippen molar-refractivity contribution in [3.63, 3.8) is 0 Å². The van der Waals surface area contributed by atoms with Crippen LogP contribution in [0.25, 0.3) is 0 Å². The highest BCUT2D eigenvalue weighted by Crippen LogP contribution is 2.36. The van der Waals surface area contributed by atoms with Gasteiger partial charge in [-0.25, -0.2) is 8.78 Å². The molecule has 2 atom stereocenters. The Bertz CT molecular complexity index is 351. The summed E-state index contributed by atoms with van der Waals surface area (Å²) in [5.41, 5.74) is 0. The van der Waals surface area contributed by atoms with Gasteiger partial charge in [0.15, 0.2) is 0 Å². The van der Waals surface area contributed by atoms with Gasteiger partial charge in [-0.1, -0.05) is 12.8 Å². The zero-order valence-corrected chi connectivity index (χ0v) is 11.9. The van der Waals surface area contributed by atoms with E-state index in [1.165, 1.54) is 12.8 Å². The van der Waals surface area contributed by atoms with Crippen molar-refractivity contribution < 1.29 is 27.1 Å². The minimum atomic E-state index is -4.15. The van der Waals surface area contributed by atoms with Crippen LogP contribution in [-0.4, -0.2) is 49.5 Å². The van der Waals surface area contributed by atoms with E-state index in [1.807, 2.05) is 0 Å². The molecule has 2 aliphatic rings. The minimum Gasteiger partial charge on any atom is -0.374 e. The zero-order chi connectivity index (χ0) is 15.5. The number of halogens is 4. The van der Waals surface area contributed by atoms with Gasteiger partial charge in [-0.3, -0.25) is 4.79 Å². The van der Waals surface area contributed by atoms with Gasteiger partial charge in [0.05, 0.1) is 13.0 Å². The average Bonchev–Trinajstić information content (AvgIpc) is 2.87. The van der Waals surface area contributed by atoms with E-state index in [0.29, 0.717) is 11.8 Å². The minimum absolute atomic E-state index is 0.0290. The fourth-order valence-electron chi connectivity index (χ4n) is 3.20. The van der Waals surface area contributed by atoms with Crippen LogP contribution in [0.2, 0.25) is 0 Å². The largest absolute Gasteiger partial charge is 0.374 e. The van der Waals surface area contributed by atoms with Crippen LogP contribution in [0.3, 0.4) is 0 Å². The van der Waals surface area contributed by atoms with Gasteiger partial charge < -0.3 is 9.64 Å². The Morgan fingerprint density at radius 2 is 1.76 bits per heavy atom. The molecule has 21 heavy (non-hydrogen) atoms. The summed E-state index contributed by atoms with van der Waals surface area (Å²) < 4.78 is 53.6. The molecule has 2 fully saturated rings. The summed E-state index contributed by atoms with van der Waals surface area (Å²) in [4.78, 5) is 13.7. The van der Waals surface area contributed by atoms with Gasteiger partial charge in [0, 0.05) is 13.1 Å². The summed E-state index contributed by atoms with van der Waals surface area (Å²) in [6.07, 6.45) is 0.926. The Morgan fingerprint density at radius 3 is 2.29 bits per heavy atom.